The van der Waals surface area contributed by atoms with Crippen LogP contribution in [0.2, 0.25) is 0 Å². The molecule has 1 amide bonds. The van der Waals surface area contributed by atoms with Crippen LogP contribution in [0.4, 0.5) is 5.69 Å². The summed E-state index contributed by atoms with van der Waals surface area (Å²) in [6.45, 7) is 1.16. The topological polar surface area (TPSA) is 67.5 Å². The fourth-order valence-electron chi connectivity index (χ4n) is 4.88. The van der Waals surface area contributed by atoms with E-state index in [4.69, 9.17) is 0 Å². The number of benzene rings is 1. The normalized spacial score (nSPS) is 15.8. The van der Waals surface area contributed by atoms with Crippen molar-refractivity contribution in [2.45, 2.75) is 38.8 Å². The summed E-state index contributed by atoms with van der Waals surface area (Å²) in [7, 11) is 1.71. The van der Waals surface area contributed by atoms with Crippen molar-refractivity contribution < 1.29 is 9.90 Å². The van der Waals surface area contributed by atoms with Crippen molar-refractivity contribution in [3.8, 4) is 11.1 Å². The summed E-state index contributed by atoms with van der Waals surface area (Å²) in [5.41, 5.74) is 6.41. The second-order valence-corrected chi connectivity index (χ2v) is 8.15. The lowest BCUT2D eigenvalue weighted by Crippen LogP contribution is -2.41. The van der Waals surface area contributed by atoms with Crippen LogP contribution in [-0.2, 0) is 33.0 Å². The highest BCUT2D eigenvalue weighted by atomic mass is 16.3. The van der Waals surface area contributed by atoms with Crippen LogP contribution in [0.1, 0.15) is 40.2 Å². The summed E-state index contributed by atoms with van der Waals surface area (Å²) in [5, 5.41) is 10.2. The van der Waals surface area contributed by atoms with E-state index in [1.54, 1.807) is 24.2 Å². The molecule has 3 aromatic rings. The number of pyridine rings is 1. The highest BCUT2D eigenvalue weighted by Gasteiger charge is 2.31. The van der Waals surface area contributed by atoms with Gasteiger partial charge in [0.25, 0.3) is 5.91 Å². The first-order valence-corrected chi connectivity index (χ1v) is 10.5. The molecule has 5 rings (SSSR count). The van der Waals surface area contributed by atoms with Crippen LogP contribution in [0, 0.1) is 0 Å². The van der Waals surface area contributed by atoms with E-state index in [2.05, 4.69) is 10.6 Å². The van der Waals surface area contributed by atoms with Crippen LogP contribution in [0.25, 0.3) is 11.1 Å². The quantitative estimate of drug-likeness (QED) is 0.731. The number of hydrogen-bond donors (Lipinski definition) is 1. The Morgan fingerprint density at radius 2 is 1.87 bits per heavy atom. The van der Waals surface area contributed by atoms with Crippen molar-refractivity contribution in [2.75, 3.05) is 11.4 Å². The van der Waals surface area contributed by atoms with Gasteiger partial charge in [-0.3, -0.25) is 9.59 Å². The molecule has 6 nitrogen and oxygen atoms in total. The Labute approximate surface area is 175 Å². The molecule has 0 saturated carbocycles. The fraction of sp³-hybridized carbons (Fsp3) is 0.333. The largest absolute Gasteiger partial charge is 0.392 e. The number of rotatable bonds is 3. The van der Waals surface area contributed by atoms with E-state index in [0.29, 0.717) is 12.1 Å². The number of amides is 1. The van der Waals surface area contributed by atoms with E-state index >= 15 is 0 Å². The van der Waals surface area contributed by atoms with Gasteiger partial charge in [-0.1, -0.05) is 12.1 Å². The molecule has 0 spiro atoms. The lowest BCUT2D eigenvalue weighted by atomic mass is 9.98. The Morgan fingerprint density at radius 1 is 1.03 bits per heavy atom. The first-order valence-electron chi connectivity index (χ1n) is 10.5. The van der Waals surface area contributed by atoms with Gasteiger partial charge in [0.15, 0.2) is 0 Å². The zero-order valence-electron chi connectivity index (χ0n) is 17.1. The smallest absolute Gasteiger partial charge is 0.274 e. The number of aliphatic hydroxyl groups is 1. The number of hydrogen-bond acceptors (Lipinski definition) is 3. The number of aromatic nitrogens is 2. The monoisotopic (exact) mass is 403 g/mol. The van der Waals surface area contributed by atoms with E-state index in [-0.39, 0.29) is 18.1 Å². The molecule has 0 fully saturated rings. The molecular formula is C24H25N3O3. The number of fused-ring (bicyclic) bond motifs is 3. The highest BCUT2D eigenvalue weighted by molar-refractivity contribution is 6.07. The Balaban J connectivity index is 1.58. The van der Waals surface area contributed by atoms with Crippen molar-refractivity contribution >= 4 is 11.6 Å². The standard InChI is InChI=1S/C24H25N3O3/c1-25-14-17(9-10-23(25)29)18-6-4-8-21(19(18)15-28)27-12-11-26-20-7-3-2-5-16(20)13-22(26)24(27)30/h4,6,8-10,13-14,28H,2-3,5,7,11-12,15H2,1H3. The third-order valence-corrected chi connectivity index (χ3v) is 6.42. The van der Waals surface area contributed by atoms with Crippen molar-refractivity contribution in [1.82, 2.24) is 9.13 Å². The minimum Gasteiger partial charge on any atom is -0.392 e. The van der Waals surface area contributed by atoms with Gasteiger partial charge in [-0.05, 0) is 60.6 Å². The van der Waals surface area contributed by atoms with Gasteiger partial charge in [0, 0.05) is 43.7 Å². The Kier molecular flexibility index (Phi) is 4.59. The van der Waals surface area contributed by atoms with E-state index < -0.39 is 0 Å². The predicted molar refractivity (Wildman–Crippen MR) is 116 cm³/mol. The lowest BCUT2D eigenvalue weighted by Gasteiger charge is -2.31. The fourth-order valence-corrected chi connectivity index (χ4v) is 4.88. The zero-order valence-corrected chi connectivity index (χ0v) is 17.1. The number of carbonyl (C=O) groups excluding carboxylic acids is 1. The molecule has 2 aromatic heterocycles. The Hall–Kier alpha value is -3.12. The van der Waals surface area contributed by atoms with E-state index in [9.17, 15) is 14.7 Å². The lowest BCUT2D eigenvalue weighted by molar-refractivity contribution is 0.0964. The number of carbonyl (C=O) groups is 1. The predicted octanol–water partition coefficient (Wildman–Crippen LogP) is 2.89. The molecule has 1 N–H and O–H groups in total. The van der Waals surface area contributed by atoms with Gasteiger partial charge in [0.1, 0.15) is 5.69 Å². The van der Waals surface area contributed by atoms with E-state index in [1.165, 1.54) is 34.7 Å². The number of nitrogens with zero attached hydrogens (tertiary/aromatic N) is 3. The molecule has 2 aliphatic rings. The highest BCUT2D eigenvalue weighted by Crippen LogP contribution is 2.35. The van der Waals surface area contributed by atoms with E-state index in [0.717, 1.165) is 41.9 Å². The third-order valence-electron chi connectivity index (χ3n) is 6.42. The molecule has 30 heavy (non-hydrogen) atoms. The van der Waals surface area contributed by atoms with Gasteiger partial charge in [-0.25, -0.2) is 0 Å². The molecular weight excluding hydrogens is 378 g/mol. The summed E-state index contributed by atoms with van der Waals surface area (Å²) in [5.74, 6) is -0.0111. The van der Waals surface area contributed by atoms with Crippen molar-refractivity contribution in [1.29, 1.82) is 0 Å². The molecule has 1 aromatic carbocycles. The maximum absolute atomic E-state index is 13.4. The van der Waals surface area contributed by atoms with Crippen LogP contribution in [-0.4, -0.2) is 26.7 Å². The molecule has 3 heterocycles. The Bertz CT molecular complexity index is 1200. The third kappa shape index (κ3) is 2.91. The molecule has 154 valence electrons. The second kappa shape index (κ2) is 7.29. The SMILES string of the molecule is Cn1cc(-c2cccc(N3CCn4c(cc5c4CCCC5)C3=O)c2CO)ccc1=O. The van der Waals surface area contributed by atoms with Crippen LogP contribution in [0.3, 0.4) is 0 Å². The van der Waals surface area contributed by atoms with Crippen LogP contribution in [0.15, 0.2) is 47.4 Å². The molecule has 1 aliphatic carbocycles. The average molecular weight is 403 g/mol. The Morgan fingerprint density at radius 3 is 2.67 bits per heavy atom. The molecule has 0 saturated heterocycles. The molecule has 6 heteroatoms. The second-order valence-electron chi connectivity index (χ2n) is 8.15. The number of aliphatic hydroxyl groups excluding tert-OH is 1. The molecule has 1 aliphatic heterocycles. The molecule has 0 atom stereocenters. The average Bonchev–Trinajstić information content (AvgIpc) is 3.15. The minimum atomic E-state index is -0.185. The first-order chi connectivity index (χ1) is 14.6. The summed E-state index contributed by atoms with van der Waals surface area (Å²) in [6.07, 6.45) is 6.23. The molecule has 0 unspecified atom stereocenters. The maximum atomic E-state index is 13.4. The van der Waals surface area contributed by atoms with Gasteiger partial charge in [-0.15, -0.1) is 0 Å². The summed E-state index contributed by atoms with van der Waals surface area (Å²) in [6, 6.07) is 11.1. The van der Waals surface area contributed by atoms with Crippen molar-refractivity contribution in [3.63, 3.8) is 0 Å². The van der Waals surface area contributed by atoms with Crippen LogP contribution < -0.4 is 10.5 Å². The van der Waals surface area contributed by atoms with Crippen LogP contribution >= 0.6 is 0 Å². The zero-order chi connectivity index (χ0) is 20.8. The summed E-state index contributed by atoms with van der Waals surface area (Å²) >= 11 is 0. The maximum Gasteiger partial charge on any atom is 0.274 e. The van der Waals surface area contributed by atoms with E-state index in [1.807, 2.05) is 18.2 Å². The van der Waals surface area contributed by atoms with Gasteiger partial charge in [0.05, 0.1) is 12.3 Å². The number of anilines is 1. The van der Waals surface area contributed by atoms with Gasteiger partial charge >= 0.3 is 0 Å². The van der Waals surface area contributed by atoms with Gasteiger partial charge in [0.2, 0.25) is 5.56 Å². The molecule has 0 bridgehead atoms. The molecule has 0 radical (unpaired) electrons. The van der Waals surface area contributed by atoms with Crippen LogP contribution in [0.5, 0.6) is 0 Å². The van der Waals surface area contributed by atoms with Crippen molar-refractivity contribution in [3.05, 3.63) is 75.5 Å². The van der Waals surface area contributed by atoms with Gasteiger partial charge < -0.3 is 19.1 Å². The summed E-state index contributed by atoms with van der Waals surface area (Å²) in [4.78, 5) is 27.0. The summed E-state index contributed by atoms with van der Waals surface area (Å²) < 4.78 is 3.72. The van der Waals surface area contributed by atoms with Crippen molar-refractivity contribution in [2.24, 2.45) is 7.05 Å². The first kappa shape index (κ1) is 18.9. The minimum absolute atomic E-state index is 0.0111. The van der Waals surface area contributed by atoms with Gasteiger partial charge in [-0.2, -0.15) is 0 Å². The number of aryl methyl sites for hydroxylation is 2.